The summed E-state index contributed by atoms with van der Waals surface area (Å²) in [6.07, 6.45) is 2.72. The van der Waals surface area contributed by atoms with E-state index in [9.17, 15) is 19.5 Å². The zero-order chi connectivity index (χ0) is 33.9. The second kappa shape index (κ2) is 13.7. The molecule has 0 radical (unpaired) electrons. The Kier molecular flexibility index (Phi) is 8.87. The lowest BCUT2D eigenvalue weighted by Gasteiger charge is -2.31. The summed E-state index contributed by atoms with van der Waals surface area (Å²) in [6.45, 7) is 2.92. The molecule has 4 aromatic carbocycles. The Hall–Kier alpha value is -5.87. The maximum atomic E-state index is 13.5. The van der Waals surface area contributed by atoms with Crippen LogP contribution in [0.15, 0.2) is 97.1 Å². The number of fused-ring (bicyclic) bond motifs is 2. The van der Waals surface area contributed by atoms with Gasteiger partial charge in [0.2, 0.25) is 0 Å². The molecule has 1 aliphatic heterocycles. The number of aromatic carboxylic acids is 1. The van der Waals surface area contributed by atoms with E-state index in [1.165, 1.54) is 11.3 Å². The van der Waals surface area contributed by atoms with Crippen LogP contribution < -0.4 is 15.0 Å². The van der Waals surface area contributed by atoms with Gasteiger partial charge in [0.25, 0.3) is 5.91 Å². The molecule has 0 saturated heterocycles. The van der Waals surface area contributed by atoms with Gasteiger partial charge in [-0.25, -0.2) is 14.8 Å². The van der Waals surface area contributed by atoms with Gasteiger partial charge in [0, 0.05) is 30.6 Å². The first-order chi connectivity index (χ1) is 23.9. The molecule has 0 fully saturated rings. The number of anilines is 2. The van der Waals surface area contributed by atoms with Crippen molar-refractivity contribution in [3.8, 4) is 22.6 Å². The predicted molar refractivity (Wildman–Crippen MR) is 191 cm³/mol. The van der Waals surface area contributed by atoms with E-state index in [0.717, 1.165) is 38.8 Å². The molecule has 7 rings (SSSR count). The first kappa shape index (κ1) is 31.7. The number of amides is 1. The van der Waals surface area contributed by atoms with Gasteiger partial charge >= 0.3 is 5.97 Å². The van der Waals surface area contributed by atoms with Crippen LogP contribution >= 0.6 is 11.3 Å². The number of carbonyl (C=O) groups is 3. The Bertz CT molecular complexity index is 2180. The first-order valence-corrected chi connectivity index (χ1v) is 16.8. The summed E-state index contributed by atoms with van der Waals surface area (Å²) in [6, 6.07) is 30.2. The third kappa shape index (κ3) is 6.63. The quantitative estimate of drug-likeness (QED) is 0.141. The maximum Gasteiger partial charge on any atom is 0.355 e. The summed E-state index contributed by atoms with van der Waals surface area (Å²) in [7, 11) is 0. The van der Waals surface area contributed by atoms with Crippen molar-refractivity contribution < 1.29 is 24.2 Å². The Balaban J connectivity index is 1.13. The fourth-order valence-corrected chi connectivity index (χ4v) is 7.04. The average molecular weight is 669 g/mol. The molecule has 0 spiro atoms. The summed E-state index contributed by atoms with van der Waals surface area (Å²) in [5.41, 5.74) is 6.29. The molecule has 0 saturated carbocycles. The minimum Gasteiger partial charge on any atom is -0.476 e. The zero-order valence-electron chi connectivity index (χ0n) is 26.7. The van der Waals surface area contributed by atoms with Crippen molar-refractivity contribution in [2.75, 3.05) is 16.8 Å². The Morgan fingerprint density at radius 1 is 0.939 bits per heavy atom. The first-order valence-electron chi connectivity index (χ1n) is 16.0. The molecule has 49 heavy (non-hydrogen) atoms. The lowest BCUT2D eigenvalue weighted by Crippen LogP contribution is -2.33. The second-order valence-electron chi connectivity index (χ2n) is 11.8. The van der Waals surface area contributed by atoms with Gasteiger partial charge in [-0.3, -0.25) is 10.1 Å². The number of rotatable bonds is 10. The SMILES string of the molecule is Cc1c(Oc2ccc(CCC=O)cc2)cccc1-c1ccc(N2CCc3cccc(C(=O)Nc4nc5ccccc5s4)c3C2)nc1C(=O)O. The molecule has 244 valence electrons. The van der Waals surface area contributed by atoms with Crippen molar-refractivity contribution in [2.45, 2.75) is 32.7 Å². The molecule has 0 atom stereocenters. The molecule has 0 aliphatic carbocycles. The van der Waals surface area contributed by atoms with Crippen LogP contribution in [0, 0.1) is 6.92 Å². The molecule has 3 heterocycles. The molecule has 0 bridgehead atoms. The molecule has 2 N–H and O–H groups in total. The van der Waals surface area contributed by atoms with Crippen molar-refractivity contribution in [3.05, 3.63) is 131 Å². The van der Waals surface area contributed by atoms with Gasteiger partial charge in [0.15, 0.2) is 10.8 Å². The third-order valence-electron chi connectivity index (χ3n) is 8.72. The number of nitrogens with zero attached hydrogens (tertiary/aromatic N) is 3. The van der Waals surface area contributed by atoms with Gasteiger partial charge in [-0.2, -0.15) is 0 Å². The summed E-state index contributed by atoms with van der Waals surface area (Å²) >= 11 is 1.43. The van der Waals surface area contributed by atoms with Crippen molar-refractivity contribution in [3.63, 3.8) is 0 Å². The zero-order valence-corrected chi connectivity index (χ0v) is 27.5. The number of nitrogens with one attached hydrogen (secondary N) is 1. The number of benzene rings is 4. The van der Waals surface area contributed by atoms with E-state index >= 15 is 0 Å². The highest BCUT2D eigenvalue weighted by Crippen LogP contribution is 2.36. The number of pyridine rings is 1. The molecule has 1 aliphatic rings. The van der Waals surface area contributed by atoms with Crippen LogP contribution in [-0.2, 0) is 24.2 Å². The number of hydrogen-bond acceptors (Lipinski definition) is 8. The van der Waals surface area contributed by atoms with Gasteiger partial charge in [-0.15, -0.1) is 0 Å². The van der Waals surface area contributed by atoms with Crippen molar-refractivity contribution in [1.82, 2.24) is 9.97 Å². The summed E-state index contributed by atoms with van der Waals surface area (Å²) < 4.78 is 7.18. The maximum absolute atomic E-state index is 13.5. The number of thiazole rings is 1. The second-order valence-corrected chi connectivity index (χ2v) is 12.8. The number of ether oxygens (including phenoxy) is 1. The topological polar surface area (TPSA) is 122 Å². The van der Waals surface area contributed by atoms with Crippen molar-refractivity contribution in [1.29, 1.82) is 0 Å². The smallest absolute Gasteiger partial charge is 0.355 e. The summed E-state index contributed by atoms with van der Waals surface area (Å²) in [5.74, 6) is 0.386. The van der Waals surface area contributed by atoms with Crippen LogP contribution in [0.5, 0.6) is 11.5 Å². The van der Waals surface area contributed by atoms with E-state index in [0.29, 0.717) is 71.5 Å². The van der Waals surface area contributed by atoms with Crippen LogP contribution in [0.2, 0.25) is 0 Å². The Morgan fingerprint density at radius 3 is 2.55 bits per heavy atom. The van der Waals surface area contributed by atoms with E-state index in [1.807, 2.05) is 103 Å². The van der Waals surface area contributed by atoms with Crippen LogP contribution in [0.3, 0.4) is 0 Å². The molecule has 10 heteroatoms. The monoisotopic (exact) mass is 668 g/mol. The van der Waals surface area contributed by atoms with Gasteiger partial charge in [0.05, 0.1) is 10.2 Å². The highest BCUT2D eigenvalue weighted by Gasteiger charge is 2.25. The summed E-state index contributed by atoms with van der Waals surface area (Å²) in [4.78, 5) is 48.0. The number of aromatic nitrogens is 2. The number of para-hydroxylation sites is 1. The number of aldehydes is 1. The molecular formula is C39H32N4O5S. The van der Waals surface area contributed by atoms with Crippen LogP contribution in [0.25, 0.3) is 21.3 Å². The number of carbonyl (C=O) groups excluding carboxylic acids is 2. The minimum atomic E-state index is -1.14. The fraction of sp³-hybridized carbons (Fsp3) is 0.154. The largest absolute Gasteiger partial charge is 0.476 e. The lowest BCUT2D eigenvalue weighted by molar-refractivity contribution is -0.107. The van der Waals surface area contributed by atoms with E-state index in [4.69, 9.17) is 4.74 Å². The predicted octanol–water partition coefficient (Wildman–Crippen LogP) is 8.10. The fourth-order valence-electron chi connectivity index (χ4n) is 6.18. The molecule has 9 nitrogen and oxygen atoms in total. The summed E-state index contributed by atoms with van der Waals surface area (Å²) in [5, 5.41) is 13.8. The number of hydrogen-bond donors (Lipinski definition) is 2. The average Bonchev–Trinajstić information content (AvgIpc) is 3.54. The standard InChI is InChI=1S/C39H32N4O5S/c1-24-28(9-5-12-33(24)48-27-16-14-25(15-17-27)7-6-22-44)29-18-19-35(41-36(29)38(46)47)43-21-20-26-8-4-10-30(31(26)23-43)37(45)42-39-40-32-11-2-3-13-34(32)49-39/h2-5,8-19,22H,6-7,20-21,23H2,1H3,(H,46,47)(H,40,42,45). The van der Waals surface area contributed by atoms with Crippen molar-refractivity contribution in [2.24, 2.45) is 0 Å². The normalized spacial score (nSPS) is 12.4. The van der Waals surface area contributed by atoms with Crippen LogP contribution in [0.4, 0.5) is 10.9 Å². The number of carboxylic acids is 1. The van der Waals surface area contributed by atoms with E-state index < -0.39 is 5.97 Å². The Morgan fingerprint density at radius 2 is 1.76 bits per heavy atom. The minimum absolute atomic E-state index is 0.0649. The highest BCUT2D eigenvalue weighted by molar-refractivity contribution is 7.22. The molecule has 6 aromatic rings. The number of carboxylic acid groups (broad SMARTS) is 1. The van der Waals surface area contributed by atoms with Crippen LogP contribution in [0.1, 0.15) is 49.5 Å². The highest BCUT2D eigenvalue weighted by atomic mass is 32.1. The van der Waals surface area contributed by atoms with E-state index in [1.54, 1.807) is 6.07 Å². The molecular weight excluding hydrogens is 637 g/mol. The third-order valence-corrected chi connectivity index (χ3v) is 9.67. The van der Waals surface area contributed by atoms with Gasteiger partial charge < -0.3 is 19.5 Å². The molecule has 1 amide bonds. The molecule has 2 aromatic heterocycles. The van der Waals surface area contributed by atoms with Gasteiger partial charge in [-0.1, -0.05) is 59.9 Å². The molecule has 0 unspecified atom stereocenters. The Labute approximate surface area is 286 Å². The van der Waals surface area contributed by atoms with E-state index in [2.05, 4.69) is 15.3 Å². The van der Waals surface area contributed by atoms with Crippen molar-refractivity contribution >= 4 is 50.7 Å². The van der Waals surface area contributed by atoms with Gasteiger partial charge in [0.1, 0.15) is 23.6 Å². The van der Waals surface area contributed by atoms with E-state index in [-0.39, 0.29) is 11.6 Å². The van der Waals surface area contributed by atoms with Gasteiger partial charge in [-0.05, 0) is 96.1 Å². The lowest BCUT2D eigenvalue weighted by atomic mass is 9.94. The number of aryl methyl sites for hydroxylation is 1. The van der Waals surface area contributed by atoms with Crippen LogP contribution in [-0.4, -0.2) is 39.8 Å².